The van der Waals surface area contributed by atoms with E-state index in [0.29, 0.717) is 24.7 Å². The van der Waals surface area contributed by atoms with Crippen LogP contribution in [0.25, 0.3) is 0 Å². The van der Waals surface area contributed by atoms with Crippen molar-refractivity contribution in [2.45, 2.75) is 6.61 Å². The molecule has 21 heavy (non-hydrogen) atoms. The molecule has 3 nitrogen and oxygen atoms in total. The molecule has 2 rings (SSSR count). The van der Waals surface area contributed by atoms with Crippen molar-refractivity contribution < 1.29 is 9.47 Å². The second-order valence-electron chi connectivity index (χ2n) is 4.52. The summed E-state index contributed by atoms with van der Waals surface area (Å²) >= 11 is 5.41. The molecule has 4 heteroatoms. The van der Waals surface area contributed by atoms with E-state index in [2.05, 4.69) is 5.32 Å². The molecule has 2 aromatic rings. The summed E-state index contributed by atoms with van der Waals surface area (Å²) in [7, 11) is 1.67. The minimum Gasteiger partial charge on any atom is -0.488 e. The lowest BCUT2D eigenvalue weighted by Gasteiger charge is -2.13. The predicted octanol–water partition coefficient (Wildman–Crippen LogP) is 3.18. The van der Waals surface area contributed by atoms with Crippen LogP contribution in [0.2, 0.25) is 0 Å². The summed E-state index contributed by atoms with van der Waals surface area (Å²) in [6.45, 7) is 1.83. The lowest BCUT2D eigenvalue weighted by atomic mass is 10.2. The highest BCUT2D eigenvalue weighted by Crippen LogP contribution is 2.19. The van der Waals surface area contributed by atoms with Crippen LogP contribution in [0, 0.1) is 0 Å². The summed E-state index contributed by atoms with van der Waals surface area (Å²) < 4.78 is 10.9. The van der Waals surface area contributed by atoms with Crippen LogP contribution in [0.5, 0.6) is 5.75 Å². The fourth-order valence-corrected chi connectivity index (χ4v) is 2.15. The smallest absolute Gasteiger partial charge is 0.129 e. The van der Waals surface area contributed by atoms with Gasteiger partial charge in [-0.1, -0.05) is 54.7 Å². The van der Waals surface area contributed by atoms with E-state index in [9.17, 15) is 0 Å². The lowest BCUT2D eigenvalue weighted by Crippen LogP contribution is -2.26. The van der Waals surface area contributed by atoms with Gasteiger partial charge in [-0.05, 0) is 17.7 Å². The van der Waals surface area contributed by atoms with Gasteiger partial charge in [0.2, 0.25) is 0 Å². The van der Waals surface area contributed by atoms with Crippen LogP contribution < -0.4 is 10.1 Å². The SMILES string of the molecule is COCCNC(=S)c1ccccc1OCc1ccccc1. The van der Waals surface area contributed by atoms with Gasteiger partial charge in [0.25, 0.3) is 0 Å². The highest BCUT2D eigenvalue weighted by Gasteiger charge is 2.08. The van der Waals surface area contributed by atoms with Gasteiger partial charge in [0, 0.05) is 13.7 Å². The maximum Gasteiger partial charge on any atom is 0.129 e. The Morgan fingerprint density at radius 2 is 1.76 bits per heavy atom. The van der Waals surface area contributed by atoms with Gasteiger partial charge in [-0.3, -0.25) is 0 Å². The molecule has 0 saturated heterocycles. The summed E-state index contributed by atoms with van der Waals surface area (Å²) in [5.74, 6) is 0.788. The first kappa shape index (κ1) is 15.5. The molecule has 0 aliphatic heterocycles. The molecule has 0 spiro atoms. The Labute approximate surface area is 130 Å². The molecule has 0 amide bonds. The van der Waals surface area contributed by atoms with Crippen LogP contribution in [-0.4, -0.2) is 25.2 Å². The molecule has 0 unspecified atom stereocenters. The largest absolute Gasteiger partial charge is 0.488 e. The fraction of sp³-hybridized carbons (Fsp3) is 0.235. The molecule has 0 aliphatic carbocycles. The quantitative estimate of drug-likeness (QED) is 0.628. The van der Waals surface area contributed by atoms with E-state index < -0.39 is 0 Å². The first-order chi connectivity index (χ1) is 10.3. The first-order valence-electron chi connectivity index (χ1n) is 6.84. The number of benzene rings is 2. The zero-order chi connectivity index (χ0) is 14.9. The van der Waals surface area contributed by atoms with Gasteiger partial charge in [-0.15, -0.1) is 0 Å². The minimum absolute atomic E-state index is 0.526. The fourth-order valence-electron chi connectivity index (χ4n) is 1.88. The Bertz CT molecular complexity index is 572. The van der Waals surface area contributed by atoms with E-state index in [1.807, 2.05) is 54.6 Å². The van der Waals surface area contributed by atoms with Gasteiger partial charge in [0.05, 0.1) is 12.2 Å². The van der Waals surface area contributed by atoms with Crippen molar-refractivity contribution in [3.63, 3.8) is 0 Å². The maximum absolute atomic E-state index is 5.89. The van der Waals surface area contributed by atoms with Crippen LogP contribution in [0.1, 0.15) is 11.1 Å². The van der Waals surface area contributed by atoms with Crippen molar-refractivity contribution in [3.8, 4) is 5.75 Å². The molecule has 0 saturated carbocycles. The van der Waals surface area contributed by atoms with E-state index >= 15 is 0 Å². The summed E-state index contributed by atoms with van der Waals surface area (Å²) in [6, 6.07) is 17.9. The highest BCUT2D eigenvalue weighted by atomic mass is 32.1. The number of ether oxygens (including phenoxy) is 2. The van der Waals surface area contributed by atoms with Crippen LogP contribution in [0.4, 0.5) is 0 Å². The van der Waals surface area contributed by atoms with Crippen molar-refractivity contribution in [2.24, 2.45) is 0 Å². The number of para-hydroxylation sites is 1. The number of hydrogen-bond donors (Lipinski definition) is 1. The van der Waals surface area contributed by atoms with E-state index in [1.54, 1.807) is 7.11 Å². The van der Waals surface area contributed by atoms with Crippen LogP contribution in [0.15, 0.2) is 54.6 Å². The van der Waals surface area contributed by atoms with Crippen LogP contribution >= 0.6 is 12.2 Å². The third kappa shape index (κ3) is 4.85. The number of hydrogen-bond acceptors (Lipinski definition) is 3. The second kappa shape index (κ2) is 8.39. The standard InChI is InChI=1S/C17H19NO2S/c1-19-12-11-18-17(21)15-9-5-6-10-16(15)20-13-14-7-3-2-4-8-14/h2-10H,11-13H2,1H3,(H,18,21). The molecule has 1 N–H and O–H groups in total. The monoisotopic (exact) mass is 301 g/mol. The molecular formula is C17H19NO2S. The van der Waals surface area contributed by atoms with Crippen molar-refractivity contribution in [1.82, 2.24) is 5.32 Å². The van der Waals surface area contributed by atoms with Crippen molar-refractivity contribution in [2.75, 3.05) is 20.3 Å². The number of thiocarbonyl (C=S) groups is 1. The van der Waals surface area contributed by atoms with E-state index in [1.165, 1.54) is 0 Å². The zero-order valence-corrected chi connectivity index (χ0v) is 12.9. The van der Waals surface area contributed by atoms with Crippen molar-refractivity contribution in [3.05, 3.63) is 65.7 Å². The van der Waals surface area contributed by atoms with Crippen molar-refractivity contribution in [1.29, 1.82) is 0 Å². The molecule has 0 aromatic heterocycles. The Hall–Kier alpha value is -1.91. The number of nitrogens with one attached hydrogen (secondary N) is 1. The first-order valence-corrected chi connectivity index (χ1v) is 7.25. The Balaban J connectivity index is 2.01. The summed E-state index contributed by atoms with van der Waals surface area (Å²) in [4.78, 5) is 0.677. The number of methoxy groups -OCH3 is 1. The van der Waals surface area contributed by atoms with Gasteiger partial charge in [0.1, 0.15) is 17.3 Å². The average molecular weight is 301 g/mol. The normalized spacial score (nSPS) is 10.1. The van der Waals surface area contributed by atoms with E-state index in [4.69, 9.17) is 21.7 Å². The topological polar surface area (TPSA) is 30.5 Å². The Morgan fingerprint density at radius 3 is 2.52 bits per heavy atom. The van der Waals surface area contributed by atoms with E-state index in [0.717, 1.165) is 16.9 Å². The number of rotatable bonds is 7. The maximum atomic E-state index is 5.89. The Morgan fingerprint density at radius 1 is 1.05 bits per heavy atom. The highest BCUT2D eigenvalue weighted by molar-refractivity contribution is 7.80. The van der Waals surface area contributed by atoms with Crippen LogP contribution in [-0.2, 0) is 11.3 Å². The molecule has 0 fully saturated rings. The van der Waals surface area contributed by atoms with Crippen molar-refractivity contribution >= 4 is 17.2 Å². The molecule has 0 atom stereocenters. The van der Waals surface area contributed by atoms with Gasteiger partial charge < -0.3 is 14.8 Å². The summed E-state index contributed by atoms with van der Waals surface area (Å²) in [6.07, 6.45) is 0. The molecule has 0 heterocycles. The second-order valence-corrected chi connectivity index (χ2v) is 4.93. The van der Waals surface area contributed by atoms with E-state index in [-0.39, 0.29) is 0 Å². The summed E-state index contributed by atoms with van der Waals surface area (Å²) in [5, 5.41) is 3.16. The van der Waals surface area contributed by atoms with Gasteiger partial charge in [0.15, 0.2) is 0 Å². The molecule has 0 radical (unpaired) electrons. The minimum atomic E-state index is 0.526. The molecule has 2 aromatic carbocycles. The predicted molar refractivity (Wildman–Crippen MR) is 88.8 cm³/mol. The lowest BCUT2D eigenvalue weighted by molar-refractivity contribution is 0.204. The molecule has 0 bridgehead atoms. The Kier molecular flexibility index (Phi) is 6.19. The molecule has 0 aliphatic rings. The summed E-state index contributed by atoms with van der Waals surface area (Å²) in [5.41, 5.74) is 2.03. The molecule has 110 valence electrons. The molecular weight excluding hydrogens is 282 g/mol. The van der Waals surface area contributed by atoms with Gasteiger partial charge in [-0.25, -0.2) is 0 Å². The van der Waals surface area contributed by atoms with Gasteiger partial charge >= 0.3 is 0 Å². The van der Waals surface area contributed by atoms with Crippen LogP contribution in [0.3, 0.4) is 0 Å². The third-order valence-corrected chi connectivity index (χ3v) is 3.32. The third-order valence-electron chi connectivity index (χ3n) is 2.96. The average Bonchev–Trinajstić information content (AvgIpc) is 2.54. The zero-order valence-electron chi connectivity index (χ0n) is 12.0. The van der Waals surface area contributed by atoms with Gasteiger partial charge in [-0.2, -0.15) is 0 Å².